The molecule has 0 unspecified atom stereocenters. The Labute approximate surface area is 90.6 Å². The molecule has 1 aliphatic rings. The number of nitrogens with one attached hydrogen (secondary N) is 1. The monoisotopic (exact) mass is 203 g/mol. The molecule has 1 aromatic heterocycles. The molecule has 0 spiro atoms. The average molecular weight is 203 g/mol. The van der Waals surface area contributed by atoms with Crippen LogP contribution in [0.1, 0.15) is 30.7 Å². The molecule has 2 rings (SSSR count). The Kier molecular flexibility index (Phi) is 3.33. The molecule has 80 valence electrons. The molecule has 0 aliphatic carbocycles. The third kappa shape index (κ3) is 3.05. The Hall–Kier alpha value is -1.38. The van der Waals surface area contributed by atoms with E-state index >= 15 is 0 Å². The zero-order valence-corrected chi connectivity index (χ0v) is 9.16. The molecule has 1 N–H and O–H groups in total. The fraction of sp³-hybridized carbons (Fsp3) is 0.500. The summed E-state index contributed by atoms with van der Waals surface area (Å²) < 4.78 is 0. The topological polar surface area (TPSA) is 37.3 Å². The van der Waals surface area contributed by atoms with E-state index < -0.39 is 0 Å². The minimum Gasteiger partial charge on any atom is -0.368 e. The quantitative estimate of drug-likeness (QED) is 0.799. The van der Waals surface area contributed by atoms with Gasteiger partial charge in [-0.3, -0.25) is 9.98 Å². The van der Waals surface area contributed by atoms with E-state index in [1.807, 2.05) is 25.1 Å². The summed E-state index contributed by atoms with van der Waals surface area (Å²) in [5.74, 6) is 1.14. The number of aliphatic imine (C=N–C) groups is 1. The van der Waals surface area contributed by atoms with E-state index in [0.29, 0.717) is 0 Å². The van der Waals surface area contributed by atoms with Gasteiger partial charge in [0.25, 0.3) is 0 Å². The first kappa shape index (κ1) is 10.1. The summed E-state index contributed by atoms with van der Waals surface area (Å²) in [6, 6.07) is 6.10. The molecule has 0 fully saturated rings. The minimum atomic E-state index is 0.792. The Bertz CT molecular complexity index is 358. The van der Waals surface area contributed by atoms with E-state index in [-0.39, 0.29) is 0 Å². The van der Waals surface area contributed by atoms with Crippen molar-refractivity contribution in [2.45, 2.75) is 32.7 Å². The van der Waals surface area contributed by atoms with Crippen molar-refractivity contribution < 1.29 is 0 Å². The van der Waals surface area contributed by atoms with Crippen molar-refractivity contribution in [3.05, 3.63) is 29.6 Å². The molecule has 0 atom stereocenters. The van der Waals surface area contributed by atoms with Crippen LogP contribution in [-0.2, 0) is 6.54 Å². The van der Waals surface area contributed by atoms with E-state index in [1.54, 1.807) is 0 Å². The Morgan fingerprint density at radius 2 is 2.27 bits per heavy atom. The average Bonchev–Trinajstić information content (AvgIpc) is 2.28. The van der Waals surface area contributed by atoms with Gasteiger partial charge >= 0.3 is 0 Å². The first-order valence-corrected chi connectivity index (χ1v) is 5.54. The van der Waals surface area contributed by atoms with Crippen molar-refractivity contribution in [3.8, 4) is 0 Å². The molecular weight excluding hydrogens is 186 g/mol. The van der Waals surface area contributed by atoms with Crippen LogP contribution in [0.15, 0.2) is 23.2 Å². The minimum absolute atomic E-state index is 0.792. The van der Waals surface area contributed by atoms with Crippen LogP contribution in [0, 0.1) is 6.92 Å². The van der Waals surface area contributed by atoms with Gasteiger partial charge in [-0.2, -0.15) is 0 Å². The lowest BCUT2D eigenvalue weighted by Gasteiger charge is -2.13. The lowest BCUT2D eigenvalue weighted by Crippen LogP contribution is -2.25. The maximum absolute atomic E-state index is 4.44. The number of rotatable bonds is 2. The lowest BCUT2D eigenvalue weighted by molar-refractivity contribution is 0.703. The van der Waals surface area contributed by atoms with E-state index in [4.69, 9.17) is 0 Å². The Balaban J connectivity index is 1.90. The van der Waals surface area contributed by atoms with Crippen molar-refractivity contribution >= 4 is 5.84 Å². The number of hydrogen-bond donors (Lipinski definition) is 1. The molecule has 0 saturated heterocycles. The van der Waals surface area contributed by atoms with Gasteiger partial charge in [-0.1, -0.05) is 6.07 Å². The second kappa shape index (κ2) is 4.91. The molecule has 0 radical (unpaired) electrons. The highest BCUT2D eigenvalue weighted by molar-refractivity contribution is 5.82. The zero-order chi connectivity index (χ0) is 10.5. The molecule has 0 aromatic carbocycles. The number of pyridine rings is 1. The van der Waals surface area contributed by atoms with Gasteiger partial charge in [0.15, 0.2) is 0 Å². The molecular formula is C12H17N3. The highest BCUT2D eigenvalue weighted by Gasteiger charge is 2.04. The molecule has 2 heterocycles. The molecule has 1 aromatic rings. The van der Waals surface area contributed by atoms with Gasteiger partial charge in [0.2, 0.25) is 0 Å². The predicted octanol–water partition coefficient (Wildman–Crippen LogP) is 2.06. The van der Waals surface area contributed by atoms with Gasteiger partial charge in [-0.25, -0.2) is 0 Å². The van der Waals surface area contributed by atoms with Gasteiger partial charge in [0.1, 0.15) is 0 Å². The standard InChI is InChI=1S/C12H17N3/c1-10-5-4-6-11(15-10)9-14-12-7-2-3-8-13-12/h4-6H,2-3,7-9H2,1H3,(H,13,14). The summed E-state index contributed by atoms with van der Waals surface area (Å²) >= 11 is 0. The van der Waals surface area contributed by atoms with Gasteiger partial charge in [0.05, 0.1) is 18.1 Å². The summed E-state index contributed by atoms with van der Waals surface area (Å²) in [5, 5.41) is 3.35. The lowest BCUT2D eigenvalue weighted by atomic mass is 10.2. The molecule has 1 aliphatic heterocycles. The maximum atomic E-state index is 4.44. The van der Waals surface area contributed by atoms with Crippen LogP contribution in [-0.4, -0.2) is 17.4 Å². The number of amidine groups is 1. The van der Waals surface area contributed by atoms with Gasteiger partial charge in [0, 0.05) is 18.7 Å². The number of aryl methyl sites for hydroxylation is 1. The van der Waals surface area contributed by atoms with E-state index in [1.165, 1.54) is 12.8 Å². The second-order valence-electron chi connectivity index (χ2n) is 3.91. The summed E-state index contributed by atoms with van der Waals surface area (Å²) in [6.07, 6.45) is 3.58. The van der Waals surface area contributed by atoms with E-state index in [0.717, 1.165) is 36.7 Å². The van der Waals surface area contributed by atoms with Gasteiger partial charge in [-0.05, 0) is 31.9 Å². The SMILES string of the molecule is Cc1cccc(CNC2=NCCCC2)n1. The summed E-state index contributed by atoms with van der Waals surface area (Å²) in [7, 11) is 0. The summed E-state index contributed by atoms with van der Waals surface area (Å²) in [5.41, 5.74) is 2.16. The Morgan fingerprint density at radius 1 is 1.33 bits per heavy atom. The van der Waals surface area contributed by atoms with Crippen LogP contribution in [0.5, 0.6) is 0 Å². The summed E-state index contributed by atoms with van der Waals surface area (Å²) in [4.78, 5) is 8.88. The van der Waals surface area contributed by atoms with Crippen LogP contribution in [0.2, 0.25) is 0 Å². The molecule has 3 nitrogen and oxygen atoms in total. The second-order valence-corrected chi connectivity index (χ2v) is 3.91. The third-order valence-corrected chi connectivity index (χ3v) is 2.54. The highest BCUT2D eigenvalue weighted by Crippen LogP contribution is 2.05. The van der Waals surface area contributed by atoms with Gasteiger partial charge in [-0.15, -0.1) is 0 Å². The fourth-order valence-corrected chi connectivity index (χ4v) is 1.73. The first-order chi connectivity index (χ1) is 7.34. The van der Waals surface area contributed by atoms with Crippen LogP contribution in [0.3, 0.4) is 0 Å². The molecule has 15 heavy (non-hydrogen) atoms. The van der Waals surface area contributed by atoms with Crippen LogP contribution in [0.4, 0.5) is 0 Å². The Morgan fingerprint density at radius 3 is 3.00 bits per heavy atom. The van der Waals surface area contributed by atoms with Crippen molar-refractivity contribution in [1.82, 2.24) is 10.3 Å². The fourth-order valence-electron chi connectivity index (χ4n) is 1.73. The number of nitrogens with zero attached hydrogens (tertiary/aromatic N) is 2. The zero-order valence-electron chi connectivity index (χ0n) is 9.16. The number of hydrogen-bond acceptors (Lipinski definition) is 3. The van der Waals surface area contributed by atoms with Crippen molar-refractivity contribution in [1.29, 1.82) is 0 Å². The van der Waals surface area contributed by atoms with Gasteiger partial charge < -0.3 is 5.32 Å². The molecule has 0 saturated carbocycles. The third-order valence-electron chi connectivity index (χ3n) is 2.54. The maximum Gasteiger partial charge on any atom is 0.0966 e. The van der Waals surface area contributed by atoms with Crippen molar-refractivity contribution in [2.24, 2.45) is 4.99 Å². The predicted molar refractivity (Wildman–Crippen MR) is 62.0 cm³/mol. The normalized spacial score (nSPS) is 15.9. The van der Waals surface area contributed by atoms with E-state index in [2.05, 4.69) is 15.3 Å². The smallest absolute Gasteiger partial charge is 0.0966 e. The van der Waals surface area contributed by atoms with Crippen molar-refractivity contribution in [3.63, 3.8) is 0 Å². The highest BCUT2D eigenvalue weighted by atomic mass is 15.0. The van der Waals surface area contributed by atoms with Crippen LogP contribution in [0.25, 0.3) is 0 Å². The largest absolute Gasteiger partial charge is 0.368 e. The van der Waals surface area contributed by atoms with Crippen molar-refractivity contribution in [2.75, 3.05) is 6.54 Å². The van der Waals surface area contributed by atoms with Crippen LogP contribution < -0.4 is 5.32 Å². The van der Waals surface area contributed by atoms with E-state index in [9.17, 15) is 0 Å². The molecule has 0 bridgehead atoms. The number of aromatic nitrogens is 1. The summed E-state index contributed by atoms with van der Waals surface area (Å²) in [6.45, 7) is 3.78. The first-order valence-electron chi connectivity index (χ1n) is 5.54. The molecule has 0 amide bonds. The van der Waals surface area contributed by atoms with Crippen LogP contribution >= 0.6 is 0 Å². The molecule has 3 heteroatoms.